The minimum absolute atomic E-state index is 0.0580. The Morgan fingerprint density at radius 1 is 1.09 bits per heavy atom. The van der Waals surface area contributed by atoms with Crippen LogP contribution in [0.4, 0.5) is 45.3 Å². The first kappa shape index (κ1) is 25.8. The summed E-state index contributed by atoms with van der Waals surface area (Å²) in [6, 6.07) is 1.38. The number of hydrogen-bond donors (Lipinski definition) is 2. The van der Waals surface area contributed by atoms with Gasteiger partial charge in [-0.05, 0) is 28.1 Å². The highest BCUT2D eigenvalue weighted by atomic mass is 79.9. The number of carbonyl (C=O) groups is 2. The second-order valence-electron chi connectivity index (χ2n) is 7.08. The van der Waals surface area contributed by atoms with Crippen LogP contribution >= 0.6 is 15.9 Å². The molecule has 0 saturated heterocycles. The molecule has 2 unspecified atom stereocenters. The molecule has 0 bridgehead atoms. The van der Waals surface area contributed by atoms with Gasteiger partial charge in [-0.1, -0.05) is 0 Å². The summed E-state index contributed by atoms with van der Waals surface area (Å²) in [7, 11) is 0.566. The summed E-state index contributed by atoms with van der Waals surface area (Å²) in [6.45, 7) is 0. The zero-order valence-corrected chi connectivity index (χ0v) is 18.0. The molecule has 2 N–H and O–H groups in total. The molecule has 2 aromatic heterocycles. The molecule has 2 atom stereocenters. The van der Waals surface area contributed by atoms with Gasteiger partial charge in [0.1, 0.15) is 28.9 Å². The van der Waals surface area contributed by atoms with Crippen LogP contribution in [0.15, 0.2) is 16.6 Å². The molecule has 0 radical (unpaired) electrons. The lowest BCUT2D eigenvalue weighted by atomic mass is 10.1. The van der Waals surface area contributed by atoms with Gasteiger partial charge in [-0.25, -0.2) is 9.37 Å². The molecule has 0 aliphatic heterocycles. The van der Waals surface area contributed by atoms with E-state index in [1.54, 1.807) is 5.32 Å². The van der Waals surface area contributed by atoms with Crippen molar-refractivity contribution in [2.75, 3.05) is 5.32 Å². The van der Waals surface area contributed by atoms with Crippen LogP contribution in [-0.2, 0) is 19.1 Å². The molecule has 17 heteroatoms. The third-order valence-corrected chi connectivity index (χ3v) is 5.17. The first-order valence-electron chi connectivity index (χ1n) is 8.97. The molecule has 1 aliphatic rings. The molecule has 34 heavy (non-hydrogen) atoms. The van der Waals surface area contributed by atoms with Gasteiger partial charge in [0, 0.05) is 17.9 Å². The summed E-state index contributed by atoms with van der Waals surface area (Å²) in [6.07, 6.45) is -13.5. The van der Waals surface area contributed by atoms with Crippen LogP contribution in [0.3, 0.4) is 0 Å². The van der Waals surface area contributed by atoms with Crippen molar-refractivity contribution in [3.63, 3.8) is 0 Å². The normalized spacial score (nSPS) is 18.6. The predicted molar refractivity (Wildman–Crippen MR) is 98.8 cm³/mol. The van der Waals surface area contributed by atoms with Crippen molar-refractivity contribution in [1.29, 1.82) is 0 Å². The topological polar surface area (TPSA) is 88.9 Å². The Bertz CT molecular complexity index is 1150. The van der Waals surface area contributed by atoms with Crippen molar-refractivity contribution >= 4 is 33.6 Å². The fourth-order valence-corrected chi connectivity index (χ4v) is 3.20. The number of alkyl halides is 9. The quantitative estimate of drug-likeness (QED) is 0.526. The molecule has 2 heterocycles. The largest absolute Gasteiger partial charge is 0.459 e. The van der Waals surface area contributed by atoms with Crippen LogP contribution in [0.5, 0.6) is 0 Å². The van der Waals surface area contributed by atoms with Crippen molar-refractivity contribution in [2.45, 2.75) is 36.9 Å². The predicted octanol–water partition coefficient (Wildman–Crippen LogP) is 4.34. The lowest BCUT2D eigenvalue weighted by Crippen LogP contribution is -2.36. The second kappa shape index (κ2) is 8.42. The summed E-state index contributed by atoms with van der Waals surface area (Å²) in [5, 5.41) is 6.70. The summed E-state index contributed by atoms with van der Waals surface area (Å²) >= 11 is 2.98. The average molecular weight is 568 g/mol. The number of nitrogens with zero attached hydrogens (tertiary/aromatic N) is 3. The van der Waals surface area contributed by atoms with E-state index in [1.165, 1.54) is 0 Å². The highest BCUT2D eigenvalue weighted by Gasteiger charge is 2.64. The van der Waals surface area contributed by atoms with Gasteiger partial charge >= 0.3 is 18.3 Å². The van der Waals surface area contributed by atoms with E-state index in [4.69, 9.17) is 0 Å². The SMILES string of the molecule is Cn1nc(C(F)(F)C(F)(F)F)c(C(F)(F)F)c1C(=O)Nc1ccc(Br)c(C(=O)NC2CC2F)n1. The highest BCUT2D eigenvalue weighted by Crippen LogP contribution is 2.48. The molecular formula is C17H11BrF9N5O2. The van der Waals surface area contributed by atoms with Gasteiger partial charge in [-0.15, -0.1) is 0 Å². The van der Waals surface area contributed by atoms with Crippen molar-refractivity contribution in [3.05, 3.63) is 39.3 Å². The molecule has 1 aliphatic carbocycles. The number of nitrogens with one attached hydrogen (secondary N) is 2. The number of hydrogen-bond acceptors (Lipinski definition) is 4. The lowest BCUT2D eigenvalue weighted by Gasteiger charge is -2.19. The number of carbonyl (C=O) groups excluding carboxylic acids is 2. The Morgan fingerprint density at radius 3 is 2.18 bits per heavy atom. The summed E-state index contributed by atoms with van der Waals surface area (Å²) in [5.41, 5.74) is -7.34. The molecule has 186 valence electrons. The van der Waals surface area contributed by atoms with E-state index in [1.807, 2.05) is 0 Å². The third-order valence-electron chi connectivity index (χ3n) is 4.53. The van der Waals surface area contributed by atoms with Gasteiger partial charge in [0.05, 0.1) is 6.04 Å². The van der Waals surface area contributed by atoms with Gasteiger partial charge in [-0.3, -0.25) is 14.3 Å². The van der Waals surface area contributed by atoms with Gasteiger partial charge in [0.25, 0.3) is 11.8 Å². The average Bonchev–Trinajstić information content (AvgIpc) is 3.23. The van der Waals surface area contributed by atoms with Crippen LogP contribution in [-0.4, -0.2) is 45.0 Å². The Labute approximate surface area is 191 Å². The molecule has 2 aromatic rings. The summed E-state index contributed by atoms with van der Waals surface area (Å²) < 4.78 is 119. The molecule has 0 spiro atoms. The van der Waals surface area contributed by atoms with Crippen molar-refractivity contribution in [1.82, 2.24) is 20.1 Å². The lowest BCUT2D eigenvalue weighted by molar-refractivity contribution is -0.292. The van der Waals surface area contributed by atoms with E-state index >= 15 is 0 Å². The first-order valence-corrected chi connectivity index (χ1v) is 9.76. The van der Waals surface area contributed by atoms with Crippen molar-refractivity contribution in [3.8, 4) is 0 Å². The maximum absolute atomic E-state index is 13.7. The van der Waals surface area contributed by atoms with Crippen LogP contribution in [0.25, 0.3) is 0 Å². The number of aryl methyl sites for hydroxylation is 1. The van der Waals surface area contributed by atoms with E-state index in [2.05, 4.69) is 31.3 Å². The molecule has 0 aromatic carbocycles. The highest BCUT2D eigenvalue weighted by molar-refractivity contribution is 9.10. The number of rotatable bonds is 5. The number of halogens is 10. The van der Waals surface area contributed by atoms with Crippen molar-refractivity contribution < 1.29 is 49.1 Å². The number of aromatic nitrogens is 3. The molecule has 2 amide bonds. The Hall–Kier alpha value is -2.85. The first-order chi connectivity index (χ1) is 15.4. The monoisotopic (exact) mass is 567 g/mol. The molecule has 3 rings (SSSR count). The fraction of sp³-hybridized carbons (Fsp3) is 0.412. The standard InChI is InChI=1S/C17H11BrF9N5O2/c1-32-11(9(16(22,23)24)12(31-32)15(20,21)17(25,26)27)14(34)30-8-3-2-5(18)10(29-8)13(33)28-7-4-6(7)19/h2-3,6-7H,4H2,1H3,(H,28,33)(H,29,30,34). The number of pyridine rings is 1. The molecule has 7 nitrogen and oxygen atoms in total. The van der Waals surface area contributed by atoms with Gasteiger partial charge in [-0.2, -0.15) is 40.2 Å². The zero-order chi connectivity index (χ0) is 25.8. The van der Waals surface area contributed by atoms with E-state index in [-0.39, 0.29) is 15.6 Å². The van der Waals surface area contributed by atoms with Crippen LogP contribution in [0.2, 0.25) is 0 Å². The summed E-state index contributed by atoms with van der Waals surface area (Å²) in [4.78, 5) is 28.4. The van der Waals surface area contributed by atoms with Crippen LogP contribution < -0.4 is 10.6 Å². The van der Waals surface area contributed by atoms with Crippen LogP contribution in [0, 0.1) is 0 Å². The molecule has 1 saturated carbocycles. The van der Waals surface area contributed by atoms with E-state index in [0.29, 0.717) is 7.05 Å². The molecular weight excluding hydrogens is 557 g/mol. The van der Waals surface area contributed by atoms with E-state index < -0.39 is 70.8 Å². The van der Waals surface area contributed by atoms with E-state index in [0.717, 1.165) is 12.1 Å². The van der Waals surface area contributed by atoms with E-state index in [9.17, 15) is 49.1 Å². The Kier molecular flexibility index (Phi) is 6.38. The van der Waals surface area contributed by atoms with Crippen LogP contribution in [0.1, 0.15) is 38.7 Å². The number of anilines is 1. The Balaban J connectivity index is 1.98. The van der Waals surface area contributed by atoms with Gasteiger partial charge < -0.3 is 10.6 Å². The molecule has 1 fully saturated rings. The minimum atomic E-state index is -6.43. The second-order valence-corrected chi connectivity index (χ2v) is 7.93. The third kappa shape index (κ3) is 4.83. The zero-order valence-electron chi connectivity index (χ0n) is 16.5. The Morgan fingerprint density at radius 2 is 1.68 bits per heavy atom. The maximum Gasteiger partial charge on any atom is 0.459 e. The van der Waals surface area contributed by atoms with Gasteiger partial charge in [0.2, 0.25) is 0 Å². The van der Waals surface area contributed by atoms with Crippen molar-refractivity contribution in [2.24, 2.45) is 7.05 Å². The fourth-order valence-electron chi connectivity index (χ4n) is 2.80. The summed E-state index contributed by atoms with van der Waals surface area (Å²) in [5.74, 6) is -9.24. The number of amides is 2. The maximum atomic E-state index is 13.7. The van der Waals surface area contributed by atoms with Gasteiger partial charge in [0.15, 0.2) is 5.69 Å². The minimum Gasteiger partial charge on any atom is -0.345 e. The smallest absolute Gasteiger partial charge is 0.345 e.